The average molecular weight is 283 g/mol. The highest BCUT2D eigenvalue weighted by molar-refractivity contribution is 7.91. The van der Waals surface area contributed by atoms with Gasteiger partial charge in [0.15, 0.2) is 9.84 Å². The Morgan fingerprint density at radius 1 is 1.47 bits per heavy atom. The van der Waals surface area contributed by atoms with E-state index in [2.05, 4.69) is 11.8 Å². The SMILES string of the molecule is NCC#Cc1ccc(F)cc1OC1CCS(=O)(=O)C1. The summed E-state index contributed by atoms with van der Waals surface area (Å²) in [5, 5.41) is 0. The number of halogens is 1. The van der Waals surface area contributed by atoms with E-state index in [1.54, 1.807) is 0 Å². The maximum atomic E-state index is 13.2. The summed E-state index contributed by atoms with van der Waals surface area (Å²) >= 11 is 0. The van der Waals surface area contributed by atoms with Gasteiger partial charge in [-0.25, -0.2) is 12.8 Å². The first kappa shape index (κ1) is 13.8. The Morgan fingerprint density at radius 3 is 2.89 bits per heavy atom. The molecule has 0 saturated carbocycles. The number of nitrogens with two attached hydrogens (primary N) is 1. The van der Waals surface area contributed by atoms with E-state index >= 15 is 0 Å². The molecular formula is C13H14FNO3S. The molecule has 1 aliphatic heterocycles. The van der Waals surface area contributed by atoms with E-state index in [9.17, 15) is 12.8 Å². The predicted molar refractivity (Wildman–Crippen MR) is 70.0 cm³/mol. The zero-order valence-corrected chi connectivity index (χ0v) is 11.0. The molecule has 102 valence electrons. The number of hydrogen-bond donors (Lipinski definition) is 1. The number of sulfone groups is 1. The number of ether oxygens (including phenoxy) is 1. The molecule has 1 aromatic rings. The van der Waals surface area contributed by atoms with Crippen LogP contribution in [0.5, 0.6) is 5.75 Å². The van der Waals surface area contributed by atoms with Crippen LogP contribution in [0.2, 0.25) is 0 Å². The molecule has 1 saturated heterocycles. The molecule has 0 radical (unpaired) electrons. The third-order valence-electron chi connectivity index (χ3n) is 2.75. The number of hydrogen-bond acceptors (Lipinski definition) is 4. The summed E-state index contributed by atoms with van der Waals surface area (Å²) in [6, 6.07) is 3.99. The molecule has 0 aliphatic carbocycles. The van der Waals surface area contributed by atoms with Gasteiger partial charge in [0.25, 0.3) is 0 Å². The van der Waals surface area contributed by atoms with Gasteiger partial charge in [-0.15, -0.1) is 0 Å². The van der Waals surface area contributed by atoms with Crippen LogP contribution in [0.4, 0.5) is 4.39 Å². The van der Waals surface area contributed by atoms with Crippen LogP contribution in [0.15, 0.2) is 18.2 Å². The molecule has 0 spiro atoms. The fourth-order valence-corrected chi connectivity index (χ4v) is 3.47. The van der Waals surface area contributed by atoms with Crippen molar-refractivity contribution in [1.82, 2.24) is 0 Å². The molecule has 0 amide bonds. The lowest BCUT2D eigenvalue weighted by Crippen LogP contribution is -2.18. The van der Waals surface area contributed by atoms with Crippen LogP contribution >= 0.6 is 0 Å². The topological polar surface area (TPSA) is 69.4 Å². The lowest BCUT2D eigenvalue weighted by Gasteiger charge is -2.13. The van der Waals surface area contributed by atoms with Crippen LogP contribution in [0.25, 0.3) is 0 Å². The van der Waals surface area contributed by atoms with Crippen molar-refractivity contribution in [2.75, 3.05) is 18.1 Å². The van der Waals surface area contributed by atoms with Gasteiger partial charge in [0, 0.05) is 6.07 Å². The molecule has 6 heteroatoms. The van der Waals surface area contributed by atoms with Gasteiger partial charge in [-0.3, -0.25) is 0 Å². The molecule has 1 heterocycles. The second kappa shape index (κ2) is 5.59. The fraction of sp³-hybridized carbons (Fsp3) is 0.385. The molecule has 1 atom stereocenters. The van der Waals surface area contributed by atoms with Crippen molar-refractivity contribution in [2.45, 2.75) is 12.5 Å². The van der Waals surface area contributed by atoms with Crippen LogP contribution in [-0.2, 0) is 9.84 Å². The fourth-order valence-electron chi connectivity index (χ4n) is 1.88. The molecule has 2 rings (SSSR count). The summed E-state index contributed by atoms with van der Waals surface area (Å²) in [6.07, 6.45) is -0.0204. The van der Waals surface area contributed by atoms with Gasteiger partial charge in [-0.1, -0.05) is 11.8 Å². The molecule has 1 aliphatic rings. The van der Waals surface area contributed by atoms with E-state index in [0.29, 0.717) is 12.0 Å². The largest absolute Gasteiger partial charge is 0.488 e. The van der Waals surface area contributed by atoms with E-state index in [1.807, 2.05) is 0 Å². The maximum absolute atomic E-state index is 13.2. The Balaban J connectivity index is 2.21. The van der Waals surface area contributed by atoms with Gasteiger partial charge in [-0.2, -0.15) is 0 Å². The second-order valence-corrected chi connectivity index (χ2v) is 6.52. The van der Waals surface area contributed by atoms with Crippen LogP contribution in [0.3, 0.4) is 0 Å². The third-order valence-corrected chi connectivity index (χ3v) is 4.49. The highest BCUT2D eigenvalue weighted by atomic mass is 32.2. The van der Waals surface area contributed by atoms with Gasteiger partial charge in [-0.05, 0) is 18.6 Å². The first-order valence-corrected chi connectivity index (χ1v) is 7.68. The molecule has 1 fully saturated rings. The Kier molecular flexibility index (Phi) is 4.08. The Bertz CT molecular complexity index is 631. The van der Waals surface area contributed by atoms with Crippen molar-refractivity contribution >= 4 is 9.84 Å². The standard InChI is InChI=1S/C13H14FNO3S/c14-11-4-3-10(2-1-6-15)13(8-11)18-12-5-7-19(16,17)9-12/h3-4,8,12H,5-7,9,15H2. The van der Waals surface area contributed by atoms with E-state index < -0.39 is 21.8 Å². The normalized spacial score (nSPS) is 20.6. The minimum atomic E-state index is -3.03. The van der Waals surface area contributed by atoms with Crippen LogP contribution in [0, 0.1) is 17.7 Å². The quantitative estimate of drug-likeness (QED) is 0.811. The monoisotopic (exact) mass is 283 g/mol. The van der Waals surface area contributed by atoms with Crippen molar-refractivity contribution in [2.24, 2.45) is 5.73 Å². The van der Waals surface area contributed by atoms with Crippen molar-refractivity contribution in [3.8, 4) is 17.6 Å². The lowest BCUT2D eigenvalue weighted by atomic mass is 10.2. The molecule has 4 nitrogen and oxygen atoms in total. The van der Waals surface area contributed by atoms with Crippen LogP contribution in [-0.4, -0.2) is 32.6 Å². The minimum Gasteiger partial charge on any atom is -0.488 e. The average Bonchev–Trinajstić information content (AvgIpc) is 2.68. The van der Waals surface area contributed by atoms with Crippen molar-refractivity contribution < 1.29 is 17.5 Å². The molecule has 19 heavy (non-hydrogen) atoms. The number of rotatable bonds is 2. The second-order valence-electron chi connectivity index (χ2n) is 4.29. The highest BCUT2D eigenvalue weighted by Gasteiger charge is 2.29. The Hall–Kier alpha value is -1.58. The maximum Gasteiger partial charge on any atom is 0.154 e. The van der Waals surface area contributed by atoms with Crippen LogP contribution < -0.4 is 10.5 Å². The molecule has 1 unspecified atom stereocenters. The van der Waals surface area contributed by atoms with Gasteiger partial charge in [0.05, 0.1) is 23.6 Å². The molecule has 0 bridgehead atoms. The third kappa shape index (κ3) is 3.69. The molecule has 0 aromatic heterocycles. The summed E-state index contributed by atoms with van der Waals surface area (Å²) in [5.74, 6) is 5.33. The highest BCUT2D eigenvalue weighted by Crippen LogP contribution is 2.24. The molecule has 1 aromatic carbocycles. The lowest BCUT2D eigenvalue weighted by molar-refractivity contribution is 0.227. The zero-order valence-electron chi connectivity index (χ0n) is 10.2. The summed E-state index contributed by atoms with van der Waals surface area (Å²) in [5.41, 5.74) is 5.80. The Morgan fingerprint density at radius 2 is 2.26 bits per heavy atom. The minimum absolute atomic E-state index is 0.0345. The van der Waals surface area contributed by atoms with E-state index in [1.165, 1.54) is 18.2 Å². The van der Waals surface area contributed by atoms with E-state index in [0.717, 1.165) is 0 Å². The molecular weight excluding hydrogens is 269 g/mol. The van der Waals surface area contributed by atoms with Crippen molar-refractivity contribution in [3.63, 3.8) is 0 Å². The molecule has 2 N–H and O–H groups in total. The summed E-state index contributed by atoms with van der Waals surface area (Å²) in [7, 11) is -3.03. The number of benzene rings is 1. The van der Waals surface area contributed by atoms with Gasteiger partial charge < -0.3 is 10.5 Å². The van der Waals surface area contributed by atoms with Gasteiger partial charge in [0.2, 0.25) is 0 Å². The first-order valence-electron chi connectivity index (χ1n) is 5.86. The van der Waals surface area contributed by atoms with Gasteiger partial charge >= 0.3 is 0 Å². The first-order chi connectivity index (χ1) is 9.00. The van der Waals surface area contributed by atoms with E-state index in [-0.39, 0.29) is 23.8 Å². The van der Waals surface area contributed by atoms with Crippen molar-refractivity contribution in [3.05, 3.63) is 29.6 Å². The van der Waals surface area contributed by atoms with Gasteiger partial charge in [0.1, 0.15) is 17.7 Å². The smallest absolute Gasteiger partial charge is 0.154 e. The zero-order chi connectivity index (χ0) is 13.9. The van der Waals surface area contributed by atoms with Crippen LogP contribution in [0.1, 0.15) is 12.0 Å². The summed E-state index contributed by atoms with van der Waals surface area (Å²) < 4.78 is 41.5. The predicted octanol–water partition coefficient (Wildman–Crippen LogP) is 0.702. The Labute approximate surface area is 111 Å². The summed E-state index contributed by atoms with van der Waals surface area (Å²) in [4.78, 5) is 0. The van der Waals surface area contributed by atoms with E-state index in [4.69, 9.17) is 10.5 Å². The summed E-state index contributed by atoms with van der Waals surface area (Å²) in [6.45, 7) is 0.189. The van der Waals surface area contributed by atoms with Crippen molar-refractivity contribution in [1.29, 1.82) is 0 Å².